The van der Waals surface area contributed by atoms with Crippen LogP contribution in [0.2, 0.25) is 0 Å². The molecule has 2 N–H and O–H groups in total. The standard InChI is InChI=1S/C27H22BrN5O2/c1-16-21(28)13-20(32-25(34)17-5-4-6-19(11-17)27(2,3)15-29)14-23(16)33-26(35)18-7-8-22-24(12-18)31-10-9-30-22/h4-14H,1-3H3,(H,32,34)(H,33,35). The first kappa shape index (κ1) is 24.0. The second kappa shape index (κ2) is 9.65. The van der Waals surface area contributed by atoms with Gasteiger partial charge >= 0.3 is 0 Å². The van der Waals surface area contributed by atoms with Crippen molar-refractivity contribution in [2.75, 3.05) is 10.6 Å². The quantitative estimate of drug-likeness (QED) is 0.330. The number of nitrogens with one attached hydrogen (secondary N) is 2. The number of anilines is 2. The molecule has 4 aromatic rings. The van der Waals surface area contributed by atoms with Gasteiger partial charge in [0.25, 0.3) is 11.8 Å². The second-order valence-corrected chi connectivity index (χ2v) is 9.47. The van der Waals surface area contributed by atoms with Crippen molar-refractivity contribution in [1.82, 2.24) is 9.97 Å². The molecule has 0 aliphatic rings. The molecule has 1 aromatic heterocycles. The maximum Gasteiger partial charge on any atom is 0.255 e. The van der Waals surface area contributed by atoms with Crippen LogP contribution >= 0.6 is 15.9 Å². The minimum Gasteiger partial charge on any atom is -0.322 e. The molecular weight excluding hydrogens is 506 g/mol. The topological polar surface area (TPSA) is 108 Å². The van der Waals surface area contributed by atoms with Crippen LogP contribution in [0.5, 0.6) is 0 Å². The Kier molecular flexibility index (Phi) is 6.63. The normalized spacial score (nSPS) is 11.1. The molecule has 0 radical (unpaired) electrons. The minimum absolute atomic E-state index is 0.303. The number of hydrogen-bond acceptors (Lipinski definition) is 5. The number of aromatic nitrogens is 2. The van der Waals surface area contributed by atoms with E-state index in [2.05, 4.69) is 42.6 Å². The van der Waals surface area contributed by atoms with E-state index >= 15 is 0 Å². The fourth-order valence-electron chi connectivity index (χ4n) is 3.50. The number of hydrogen-bond donors (Lipinski definition) is 2. The van der Waals surface area contributed by atoms with E-state index in [1.165, 1.54) is 0 Å². The number of carbonyl (C=O) groups excluding carboxylic acids is 2. The number of benzene rings is 3. The number of nitrogens with zero attached hydrogens (tertiary/aromatic N) is 3. The Bertz CT molecular complexity index is 1510. The number of fused-ring (bicyclic) bond motifs is 1. The molecule has 174 valence electrons. The highest BCUT2D eigenvalue weighted by molar-refractivity contribution is 9.10. The summed E-state index contributed by atoms with van der Waals surface area (Å²) in [6, 6.07) is 17.9. The average Bonchev–Trinajstić information content (AvgIpc) is 2.86. The Hall–Kier alpha value is -4.09. The summed E-state index contributed by atoms with van der Waals surface area (Å²) < 4.78 is 0.731. The molecular formula is C27H22BrN5O2. The first-order valence-corrected chi connectivity index (χ1v) is 11.6. The molecule has 0 atom stereocenters. The summed E-state index contributed by atoms with van der Waals surface area (Å²) in [7, 11) is 0. The summed E-state index contributed by atoms with van der Waals surface area (Å²) in [5.74, 6) is -0.621. The third kappa shape index (κ3) is 5.20. The van der Waals surface area contributed by atoms with E-state index < -0.39 is 5.41 Å². The van der Waals surface area contributed by atoms with Gasteiger partial charge in [-0.15, -0.1) is 0 Å². The van der Waals surface area contributed by atoms with Crippen molar-refractivity contribution < 1.29 is 9.59 Å². The largest absolute Gasteiger partial charge is 0.322 e. The summed E-state index contributed by atoms with van der Waals surface area (Å²) in [4.78, 5) is 34.4. The van der Waals surface area contributed by atoms with Crippen molar-refractivity contribution in [3.63, 3.8) is 0 Å². The van der Waals surface area contributed by atoms with Gasteiger partial charge in [-0.2, -0.15) is 5.26 Å². The predicted molar refractivity (Wildman–Crippen MR) is 139 cm³/mol. The van der Waals surface area contributed by atoms with Gasteiger partial charge in [-0.25, -0.2) is 0 Å². The minimum atomic E-state index is -0.713. The Morgan fingerprint density at radius 2 is 1.60 bits per heavy atom. The van der Waals surface area contributed by atoms with E-state index in [4.69, 9.17) is 0 Å². The van der Waals surface area contributed by atoms with Gasteiger partial charge < -0.3 is 10.6 Å². The fraction of sp³-hybridized carbons (Fsp3) is 0.148. The van der Waals surface area contributed by atoms with Crippen LogP contribution in [0, 0.1) is 18.3 Å². The van der Waals surface area contributed by atoms with Crippen molar-refractivity contribution in [3.8, 4) is 6.07 Å². The van der Waals surface area contributed by atoms with Crippen LogP contribution in [-0.2, 0) is 5.41 Å². The average molecular weight is 528 g/mol. The summed E-state index contributed by atoms with van der Waals surface area (Å²) >= 11 is 3.51. The van der Waals surface area contributed by atoms with Gasteiger partial charge in [0, 0.05) is 39.4 Å². The molecule has 7 nitrogen and oxygen atoms in total. The second-order valence-electron chi connectivity index (χ2n) is 8.62. The van der Waals surface area contributed by atoms with Crippen molar-refractivity contribution in [2.45, 2.75) is 26.2 Å². The highest BCUT2D eigenvalue weighted by atomic mass is 79.9. The molecule has 0 saturated heterocycles. The van der Waals surface area contributed by atoms with Crippen LogP contribution in [0.4, 0.5) is 11.4 Å². The highest BCUT2D eigenvalue weighted by Gasteiger charge is 2.21. The van der Waals surface area contributed by atoms with Crippen LogP contribution in [0.1, 0.15) is 45.7 Å². The zero-order valence-corrected chi connectivity index (χ0v) is 21.0. The highest BCUT2D eigenvalue weighted by Crippen LogP contribution is 2.30. The van der Waals surface area contributed by atoms with Crippen molar-refractivity contribution in [3.05, 3.63) is 93.7 Å². The number of rotatable bonds is 5. The van der Waals surface area contributed by atoms with Crippen molar-refractivity contribution >= 4 is 50.2 Å². The Balaban J connectivity index is 1.57. The molecule has 3 aromatic carbocycles. The first-order chi connectivity index (χ1) is 16.7. The Labute approximate surface area is 211 Å². The molecule has 0 aliphatic carbocycles. The number of halogens is 1. The molecule has 35 heavy (non-hydrogen) atoms. The molecule has 0 fully saturated rings. The zero-order chi connectivity index (χ0) is 25.2. The predicted octanol–water partition coefficient (Wildman–Crippen LogP) is 6.01. The van der Waals surface area contributed by atoms with Crippen LogP contribution in [0.25, 0.3) is 11.0 Å². The van der Waals surface area contributed by atoms with Crippen LogP contribution in [-0.4, -0.2) is 21.8 Å². The molecule has 0 bridgehead atoms. The monoisotopic (exact) mass is 527 g/mol. The van der Waals surface area contributed by atoms with E-state index in [1.54, 1.807) is 74.8 Å². The lowest BCUT2D eigenvalue weighted by Crippen LogP contribution is -2.17. The summed E-state index contributed by atoms with van der Waals surface area (Å²) in [6.45, 7) is 5.47. The van der Waals surface area contributed by atoms with Gasteiger partial charge in [-0.3, -0.25) is 19.6 Å². The lowest BCUT2D eigenvalue weighted by Gasteiger charge is -2.17. The Morgan fingerprint density at radius 1 is 0.914 bits per heavy atom. The van der Waals surface area contributed by atoms with Crippen molar-refractivity contribution in [2.24, 2.45) is 0 Å². The molecule has 0 aliphatic heterocycles. The van der Waals surface area contributed by atoms with Crippen molar-refractivity contribution in [1.29, 1.82) is 5.26 Å². The molecule has 0 saturated carbocycles. The lowest BCUT2D eigenvalue weighted by atomic mass is 9.85. The SMILES string of the molecule is Cc1c(Br)cc(NC(=O)c2cccc(C(C)(C)C#N)c2)cc1NC(=O)c1ccc2nccnc2c1. The van der Waals surface area contributed by atoms with Crippen LogP contribution in [0.15, 0.2) is 71.5 Å². The fourth-order valence-corrected chi connectivity index (χ4v) is 3.96. The van der Waals surface area contributed by atoms with Gasteiger partial charge in [0.2, 0.25) is 0 Å². The molecule has 1 heterocycles. The smallest absolute Gasteiger partial charge is 0.255 e. The molecule has 0 unspecified atom stereocenters. The lowest BCUT2D eigenvalue weighted by molar-refractivity contribution is 0.101. The molecule has 0 spiro atoms. The summed E-state index contributed by atoms with van der Waals surface area (Å²) in [5.41, 5.74) is 4.13. The number of nitriles is 1. The van der Waals surface area contributed by atoms with Crippen LogP contribution < -0.4 is 10.6 Å². The summed E-state index contributed by atoms with van der Waals surface area (Å²) in [5, 5.41) is 15.2. The summed E-state index contributed by atoms with van der Waals surface area (Å²) in [6.07, 6.45) is 3.18. The zero-order valence-electron chi connectivity index (χ0n) is 19.4. The van der Waals surface area contributed by atoms with E-state index in [1.807, 2.05) is 13.0 Å². The molecule has 2 amide bonds. The third-order valence-electron chi connectivity index (χ3n) is 5.71. The van der Waals surface area contributed by atoms with Gasteiger partial charge in [0.05, 0.1) is 22.5 Å². The van der Waals surface area contributed by atoms with Gasteiger partial charge in [-0.05, 0) is 74.4 Å². The maximum absolute atomic E-state index is 12.9. The third-order valence-corrected chi connectivity index (χ3v) is 6.53. The van der Waals surface area contributed by atoms with Gasteiger partial charge in [0.1, 0.15) is 0 Å². The maximum atomic E-state index is 12.9. The number of amides is 2. The van der Waals surface area contributed by atoms with Crippen LogP contribution in [0.3, 0.4) is 0 Å². The van der Waals surface area contributed by atoms with E-state index in [0.717, 1.165) is 15.6 Å². The van der Waals surface area contributed by atoms with Gasteiger partial charge in [0.15, 0.2) is 0 Å². The molecule has 8 heteroatoms. The van der Waals surface area contributed by atoms with Gasteiger partial charge in [-0.1, -0.05) is 28.1 Å². The van der Waals surface area contributed by atoms with E-state index in [9.17, 15) is 14.9 Å². The van der Waals surface area contributed by atoms with E-state index in [0.29, 0.717) is 33.5 Å². The first-order valence-electron chi connectivity index (χ1n) is 10.8. The number of carbonyl (C=O) groups is 2. The molecule has 4 rings (SSSR count). The Morgan fingerprint density at radius 3 is 2.34 bits per heavy atom. The van der Waals surface area contributed by atoms with E-state index in [-0.39, 0.29) is 11.8 Å².